The molecule has 0 unspecified atom stereocenters. The van der Waals surface area contributed by atoms with Gasteiger partial charge in [-0.15, -0.1) is 0 Å². The fourth-order valence-corrected chi connectivity index (χ4v) is 6.12. The van der Waals surface area contributed by atoms with Crippen molar-refractivity contribution in [2.75, 3.05) is 16.6 Å². The number of nitrogens with zero attached hydrogens (tertiary/aromatic N) is 1. The fraction of sp³-hybridized carbons (Fsp3) is 0.192. The predicted molar refractivity (Wildman–Crippen MR) is 141 cm³/mol. The first-order valence-corrected chi connectivity index (χ1v) is 13.4. The maximum Gasteiger partial charge on any atom is 0.338 e. The third-order valence-electron chi connectivity index (χ3n) is 5.42. The number of aryl methyl sites for hydroxylation is 4. The number of fused-ring (bicyclic) bond motifs is 1. The average molecular weight is 524 g/mol. The summed E-state index contributed by atoms with van der Waals surface area (Å²) in [6, 6.07) is 15.0. The van der Waals surface area contributed by atoms with Crippen molar-refractivity contribution in [1.82, 2.24) is 4.98 Å². The predicted octanol–water partition coefficient (Wildman–Crippen LogP) is 5.13. The summed E-state index contributed by atoms with van der Waals surface area (Å²) in [5.41, 5.74) is 4.90. The molecule has 1 amide bonds. The van der Waals surface area contributed by atoms with E-state index < -0.39 is 28.5 Å². The number of benzene rings is 3. The van der Waals surface area contributed by atoms with Crippen molar-refractivity contribution >= 4 is 54.3 Å². The van der Waals surface area contributed by atoms with Crippen molar-refractivity contribution in [2.45, 2.75) is 32.6 Å². The number of sulfonamides is 1. The van der Waals surface area contributed by atoms with Crippen LogP contribution in [0.2, 0.25) is 0 Å². The Morgan fingerprint density at radius 2 is 1.64 bits per heavy atom. The van der Waals surface area contributed by atoms with Crippen LogP contribution in [0, 0.1) is 27.7 Å². The van der Waals surface area contributed by atoms with Crippen molar-refractivity contribution in [3.8, 4) is 0 Å². The molecule has 1 aromatic heterocycles. The van der Waals surface area contributed by atoms with Gasteiger partial charge < -0.3 is 4.74 Å². The van der Waals surface area contributed by atoms with Gasteiger partial charge >= 0.3 is 5.97 Å². The number of esters is 1. The van der Waals surface area contributed by atoms with Gasteiger partial charge in [-0.25, -0.2) is 18.2 Å². The minimum absolute atomic E-state index is 0.184. The summed E-state index contributed by atoms with van der Waals surface area (Å²) in [7, 11) is -3.79. The van der Waals surface area contributed by atoms with E-state index in [1.54, 1.807) is 19.1 Å². The molecule has 4 rings (SSSR count). The van der Waals surface area contributed by atoms with E-state index in [0.717, 1.165) is 26.9 Å². The van der Waals surface area contributed by atoms with Crippen LogP contribution in [0.25, 0.3) is 10.2 Å². The second-order valence-electron chi connectivity index (χ2n) is 8.52. The topological polar surface area (TPSA) is 114 Å². The first-order chi connectivity index (χ1) is 17.0. The molecule has 0 saturated carbocycles. The number of ether oxygens (including phenoxy) is 1. The second-order valence-corrected chi connectivity index (χ2v) is 11.2. The molecule has 186 valence electrons. The number of rotatable bonds is 7. The lowest BCUT2D eigenvalue weighted by Crippen LogP contribution is -2.20. The number of aromatic nitrogens is 1. The highest BCUT2D eigenvalue weighted by molar-refractivity contribution is 7.92. The van der Waals surface area contributed by atoms with Gasteiger partial charge in [-0.3, -0.25) is 14.8 Å². The van der Waals surface area contributed by atoms with E-state index in [-0.39, 0.29) is 10.5 Å². The van der Waals surface area contributed by atoms with Gasteiger partial charge in [-0.2, -0.15) is 0 Å². The number of carbonyl (C=O) groups excluding carboxylic acids is 2. The van der Waals surface area contributed by atoms with E-state index >= 15 is 0 Å². The van der Waals surface area contributed by atoms with E-state index in [2.05, 4.69) is 15.0 Å². The van der Waals surface area contributed by atoms with Gasteiger partial charge in [0.1, 0.15) is 0 Å². The van der Waals surface area contributed by atoms with Crippen LogP contribution < -0.4 is 10.0 Å². The summed E-state index contributed by atoms with van der Waals surface area (Å²) >= 11 is 1.35. The maximum absolute atomic E-state index is 12.8. The van der Waals surface area contributed by atoms with Crippen LogP contribution in [0.4, 0.5) is 10.8 Å². The summed E-state index contributed by atoms with van der Waals surface area (Å²) in [5.74, 6) is -1.21. The largest absolute Gasteiger partial charge is 0.452 e. The highest BCUT2D eigenvalue weighted by atomic mass is 32.2. The van der Waals surface area contributed by atoms with Crippen LogP contribution in [0.5, 0.6) is 0 Å². The number of amides is 1. The number of anilines is 2. The maximum atomic E-state index is 12.8. The van der Waals surface area contributed by atoms with E-state index in [9.17, 15) is 18.0 Å². The molecule has 8 nitrogen and oxygen atoms in total. The van der Waals surface area contributed by atoms with Gasteiger partial charge in [0, 0.05) is 5.69 Å². The third-order valence-corrected chi connectivity index (χ3v) is 7.86. The molecule has 10 heteroatoms. The first-order valence-electron chi connectivity index (χ1n) is 11.1. The van der Waals surface area contributed by atoms with Gasteiger partial charge in [0.25, 0.3) is 15.9 Å². The lowest BCUT2D eigenvalue weighted by molar-refractivity contribution is -0.119. The molecule has 2 N–H and O–H groups in total. The Labute approximate surface area is 213 Å². The quantitative estimate of drug-likeness (QED) is 0.325. The Morgan fingerprint density at radius 1 is 0.917 bits per heavy atom. The van der Waals surface area contributed by atoms with E-state index in [1.807, 2.05) is 39.0 Å². The lowest BCUT2D eigenvalue weighted by Gasteiger charge is -2.11. The SMILES string of the molecule is Cc1ccc(C)c(S(=O)(=O)Nc2ccc(C(=O)OCC(=O)Nc3nc4c(C)cc(C)cc4s3)cc2)c1. The van der Waals surface area contributed by atoms with E-state index in [0.29, 0.717) is 16.4 Å². The Kier molecular flexibility index (Phi) is 7.09. The molecule has 36 heavy (non-hydrogen) atoms. The van der Waals surface area contributed by atoms with Gasteiger partial charge in [0.05, 0.1) is 20.7 Å². The summed E-state index contributed by atoms with van der Waals surface area (Å²) < 4.78 is 34.1. The molecule has 0 aliphatic carbocycles. The lowest BCUT2D eigenvalue weighted by atomic mass is 10.1. The molecule has 0 aliphatic rings. The number of hydrogen-bond donors (Lipinski definition) is 2. The molecule has 0 bridgehead atoms. The van der Waals surface area contributed by atoms with Gasteiger partial charge in [0.15, 0.2) is 11.7 Å². The Bertz CT molecular complexity index is 1580. The molecule has 1 heterocycles. The highest BCUT2D eigenvalue weighted by Crippen LogP contribution is 2.29. The zero-order valence-electron chi connectivity index (χ0n) is 20.2. The standard InChI is InChI=1S/C26H25N3O5S2/c1-15-5-6-17(3)22(13-15)36(32,33)29-20-9-7-19(8-10-20)25(31)34-14-23(30)27-26-28-24-18(4)11-16(2)12-21(24)35-26/h5-13,29H,14H2,1-4H3,(H,27,28,30). The van der Waals surface area contributed by atoms with Crippen LogP contribution in [0.1, 0.15) is 32.6 Å². The first kappa shape index (κ1) is 25.3. The van der Waals surface area contributed by atoms with Crippen molar-refractivity contribution in [2.24, 2.45) is 0 Å². The zero-order chi connectivity index (χ0) is 26.0. The molecule has 3 aromatic carbocycles. The number of carbonyl (C=O) groups is 2. The molecular weight excluding hydrogens is 498 g/mol. The molecule has 0 aliphatic heterocycles. The number of thiazole rings is 1. The minimum atomic E-state index is -3.79. The summed E-state index contributed by atoms with van der Waals surface area (Å²) in [4.78, 5) is 29.3. The Balaban J connectivity index is 1.35. The summed E-state index contributed by atoms with van der Waals surface area (Å²) in [6.07, 6.45) is 0. The molecular formula is C26H25N3O5S2. The molecule has 0 fully saturated rings. The molecule has 4 aromatic rings. The van der Waals surface area contributed by atoms with E-state index in [4.69, 9.17) is 4.74 Å². The normalized spacial score (nSPS) is 11.3. The second kappa shape index (κ2) is 10.1. The van der Waals surface area contributed by atoms with Gasteiger partial charge in [-0.05, 0) is 86.3 Å². The highest BCUT2D eigenvalue weighted by Gasteiger charge is 2.18. The third kappa shape index (κ3) is 5.72. The number of nitrogens with one attached hydrogen (secondary N) is 2. The van der Waals surface area contributed by atoms with Crippen LogP contribution in [0.15, 0.2) is 59.5 Å². The van der Waals surface area contributed by atoms with Gasteiger partial charge in [0.2, 0.25) is 0 Å². The van der Waals surface area contributed by atoms with Crippen LogP contribution >= 0.6 is 11.3 Å². The average Bonchev–Trinajstić information content (AvgIpc) is 3.21. The minimum Gasteiger partial charge on any atom is -0.452 e. The fourth-order valence-electron chi connectivity index (χ4n) is 3.68. The van der Waals surface area contributed by atoms with Crippen LogP contribution in [-0.4, -0.2) is 31.9 Å². The molecule has 0 atom stereocenters. The van der Waals surface area contributed by atoms with Crippen molar-refractivity contribution in [3.05, 3.63) is 82.4 Å². The monoisotopic (exact) mass is 523 g/mol. The number of hydrogen-bond acceptors (Lipinski definition) is 7. The summed E-state index contributed by atoms with van der Waals surface area (Å²) in [5, 5.41) is 3.09. The summed E-state index contributed by atoms with van der Waals surface area (Å²) in [6.45, 7) is 7.02. The Hall–Kier alpha value is -3.76. The van der Waals surface area contributed by atoms with Crippen LogP contribution in [0.3, 0.4) is 0 Å². The van der Waals surface area contributed by atoms with Gasteiger partial charge in [-0.1, -0.05) is 29.5 Å². The zero-order valence-corrected chi connectivity index (χ0v) is 21.8. The van der Waals surface area contributed by atoms with Crippen molar-refractivity contribution in [3.63, 3.8) is 0 Å². The Morgan fingerprint density at radius 3 is 2.36 bits per heavy atom. The molecule has 0 spiro atoms. The molecule has 0 radical (unpaired) electrons. The van der Waals surface area contributed by atoms with Crippen LogP contribution in [-0.2, 0) is 19.6 Å². The molecule has 0 saturated heterocycles. The van der Waals surface area contributed by atoms with Crippen molar-refractivity contribution < 1.29 is 22.7 Å². The van der Waals surface area contributed by atoms with E-state index in [1.165, 1.54) is 35.6 Å². The van der Waals surface area contributed by atoms with Crippen molar-refractivity contribution in [1.29, 1.82) is 0 Å². The smallest absolute Gasteiger partial charge is 0.338 e.